The smallest absolute Gasteiger partial charge is 0.0784 e. The Labute approximate surface area is 105 Å². The Bertz CT molecular complexity index is 232. The van der Waals surface area contributed by atoms with Crippen molar-refractivity contribution in [3.8, 4) is 0 Å². The minimum absolute atomic E-state index is 0.00275. The van der Waals surface area contributed by atoms with Gasteiger partial charge in [0.2, 0.25) is 0 Å². The molecule has 0 aromatic heterocycles. The Hall–Kier alpha value is -0.190. The molecule has 0 bridgehead atoms. The number of nitrogens with zero attached hydrogens (tertiary/aromatic N) is 2. The molecule has 0 unspecified atom stereocenters. The van der Waals surface area contributed by atoms with Crippen LogP contribution in [-0.2, 0) is 0 Å². The number of likely N-dealkylation sites (N-methyl/N-ethyl adjacent to an activating group) is 1. The van der Waals surface area contributed by atoms with Crippen molar-refractivity contribution in [1.29, 1.82) is 0 Å². The van der Waals surface area contributed by atoms with Crippen LogP contribution < -0.4 is 5.73 Å². The molecular weight excluding hydrogens is 218 g/mol. The van der Waals surface area contributed by atoms with E-state index in [-0.39, 0.29) is 5.41 Å². The van der Waals surface area contributed by atoms with Crippen LogP contribution in [0.2, 0.25) is 0 Å². The molecule has 0 saturated carbocycles. The van der Waals surface area contributed by atoms with Crippen LogP contribution >= 0.6 is 12.2 Å². The molecule has 0 aromatic carbocycles. The van der Waals surface area contributed by atoms with Gasteiger partial charge in [0.05, 0.1) is 4.99 Å². The predicted molar refractivity (Wildman–Crippen MR) is 73.7 cm³/mol. The van der Waals surface area contributed by atoms with E-state index in [9.17, 15) is 0 Å². The van der Waals surface area contributed by atoms with Gasteiger partial charge >= 0.3 is 0 Å². The van der Waals surface area contributed by atoms with E-state index in [1.54, 1.807) is 0 Å². The van der Waals surface area contributed by atoms with Gasteiger partial charge in [-0.2, -0.15) is 0 Å². The van der Waals surface area contributed by atoms with Crippen molar-refractivity contribution in [1.82, 2.24) is 9.80 Å². The van der Waals surface area contributed by atoms with Crippen molar-refractivity contribution in [2.24, 2.45) is 11.1 Å². The molecule has 1 aliphatic rings. The molecule has 0 amide bonds. The first kappa shape index (κ1) is 13.9. The molecule has 3 nitrogen and oxygen atoms in total. The van der Waals surface area contributed by atoms with E-state index in [4.69, 9.17) is 18.0 Å². The number of rotatable bonds is 5. The molecule has 0 atom stereocenters. The second-order valence-corrected chi connectivity index (χ2v) is 5.71. The molecule has 0 aromatic rings. The molecule has 0 spiro atoms. The number of hydrogen-bond donors (Lipinski definition) is 1. The Morgan fingerprint density at radius 1 is 1.19 bits per heavy atom. The van der Waals surface area contributed by atoms with E-state index < -0.39 is 0 Å². The van der Waals surface area contributed by atoms with Gasteiger partial charge in [-0.1, -0.05) is 33.0 Å². The lowest BCUT2D eigenvalue weighted by atomic mass is 9.89. The average molecular weight is 243 g/mol. The van der Waals surface area contributed by atoms with E-state index in [1.165, 1.54) is 32.7 Å². The van der Waals surface area contributed by atoms with Crippen molar-refractivity contribution in [3.05, 3.63) is 0 Å². The summed E-state index contributed by atoms with van der Waals surface area (Å²) < 4.78 is 0. The molecule has 1 fully saturated rings. The predicted octanol–water partition coefficient (Wildman–Crippen LogP) is 1.33. The number of piperazine rings is 1. The second-order valence-electron chi connectivity index (χ2n) is 5.27. The molecule has 1 rings (SSSR count). The third-order valence-corrected chi connectivity index (χ3v) is 4.18. The summed E-state index contributed by atoms with van der Waals surface area (Å²) in [5.74, 6) is 0. The van der Waals surface area contributed by atoms with E-state index >= 15 is 0 Å². The maximum absolute atomic E-state index is 5.73. The molecule has 94 valence electrons. The zero-order chi connectivity index (χ0) is 12.2. The van der Waals surface area contributed by atoms with Crippen molar-refractivity contribution in [2.75, 3.05) is 39.3 Å². The lowest BCUT2D eigenvalue weighted by molar-refractivity contribution is 0.129. The molecule has 1 heterocycles. The number of thiocarbonyl (C=S) groups is 1. The van der Waals surface area contributed by atoms with Gasteiger partial charge in [-0.05, 0) is 19.5 Å². The summed E-state index contributed by atoms with van der Waals surface area (Å²) in [5, 5.41) is 0. The van der Waals surface area contributed by atoms with Crippen molar-refractivity contribution < 1.29 is 0 Å². The minimum atomic E-state index is -0.00275. The van der Waals surface area contributed by atoms with Gasteiger partial charge in [0.25, 0.3) is 0 Å². The van der Waals surface area contributed by atoms with Crippen LogP contribution in [0.15, 0.2) is 0 Å². The highest BCUT2D eigenvalue weighted by molar-refractivity contribution is 7.80. The molecule has 2 N–H and O–H groups in total. The van der Waals surface area contributed by atoms with Gasteiger partial charge in [-0.3, -0.25) is 0 Å². The fourth-order valence-corrected chi connectivity index (χ4v) is 1.99. The maximum atomic E-state index is 5.73. The van der Waals surface area contributed by atoms with Crippen molar-refractivity contribution in [3.63, 3.8) is 0 Å². The molecule has 0 radical (unpaired) electrons. The van der Waals surface area contributed by atoms with Gasteiger partial charge in [0.1, 0.15) is 0 Å². The Balaban J connectivity index is 2.27. The molecule has 0 aliphatic carbocycles. The van der Waals surface area contributed by atoms with E-state index in [0.29, 0.717) is 4.99 Å². The summed E-state index contributed by atoms with van der Waals surface area (Å²) in [7, 11) is 0. The summed E-state index contributed by atoms with van der Waals surface area (Å²) in [4.78, 5) is 5.65. The van der Waals surface area contributed by atoms with E-state index in [0.717, 1.165) is 13.0 Å². The summed E-state index contributed by atoms with van der Waals surface area (Å²) in [6.07, 6.45) is 1.06. The lowest BCUT2D eigenvalue weighted by Gasteiger charge is -2.35. The van der Waals surface area contributed by atoms with Crippen LogP contribution in [0.1, 0.15) is 27.2 Å². The minimum Gasteiger partial charge on any atom is -0.393 e. The highest BCUT2D eigenvalue weighted by atomic mass is 32.1. The lowest BCUT2D eigenvalue weighted by Crippen LogP contribution is -2.47. The van der Waals surface area contributed by atoms with Crippen molar-refractivity contribution in [2.45, 2.75) is 27.2 Å². The quantitative estimate of drug-likeness (QED) is 0.738. The monoisotopic (exact) mass is 243 g/mol. The Morgan fingerprint density at radius 3 is 2.12 bits per heavy atom. The second kappa shape index (κ2) is 5.94. The van der Waals surface area contributed by atoms with Crippen LogP contribution in [0.25, 0.3) is 0 Å². The zero-order valence-corrected chi connectivity index (χ0v) is 11.6. The first-order valence-corrected chi connectivity index (χ1v) is 6.61. The highest BCUT2D eigenvalue weighted by Crippen LogP contribution is 2.21. The van der Waals surface area contributed by atoms with Crippen LogP contribution in [0.3, 0.4) is 0 Å². The van der Waals surface area contributed by atoms with Gasteiger partial charge in [0, 0.05) is 31.6 Å². The number of hydrogen-bond acceptors (Lipinski definition) is 3. The van der Waals surface area contributed by atoms with E-state index in [1.807, 2.05) is 0 Å². The highest BCUT2D eigenvalue weighted by Gasteiger charge is 2.23. The number of nitrogens with two attached hydrogens (primary N) is 1. The fourth-order valence-electron chi connectivity index (χ4n) is 1.89. The topological polar surface area (TPSA) is 32.5 Å². The molecule has 16 heavy (non-hydrogen) atoms. The maximum Gasteiger partial charge on any atom is 0.0784 e. The van der Waals surface area contributed by atoms with Gasteiger partial charge in [-0.25, -0.2) is 0 Å². The molecular formula is C12H25N3S. The summed E-state index contributed by atoms with van der Waals surface area (Å²) >= 11 is 5.09. The third kappa shape index (κ3) is 4.00. The zero-order valence-electron chi connectivity index (χ0n) is 10.8. The largest absolute Gasteiger partial charge is 0.393 e. The van der Waals surface area contributed by atoms with Gasteiger partial charge in [-0.15, -0.1) is 0 Å². The normalized spacial score (nSPS) is 19.9. The third-order valence-electron chi connectivity index (χ3n) is 3.63. The summed E-state index contributed by atoms with van der Waals surface area (Å²) in [6, 6.07) is 0. The van der Waals surface area contributed by atoms with Gasteiger partial charge < -0.3 is 15.5 Å². The first-order valence-electron chi connectivity index (χ1n) is 6.20. The van der Waals surface area contributed by atoms with Gasteiger partial charge in [0.15, 0.2) is 0 Å². The first-order chi connectivity index (χ1) is 7.45. The fraction of sp³-hybridized carbons (Fsp3) is 0.917. The summed E-state index contributed by atoms with van der Waals surface area (Å²) in [5.41, 5.74) is 5.73. The summed E-state index contributed by atoms with van der Waals surface area (Å²) in [6.45, 7) is 13.5. The molecule has 1 aliphatic heterocycles. The van der Waals surface area contributed by atoms with Crippen LogP contribution in [0.5, 0.6) is 0 Å². The van der Waals surface area contributed by atoms with Crippen LogP contribution in [0.4, 0.5) is 0 Å². The van der Waals surface area contributed by atoms with Crippen molar-refractivity contribution >= 4 is 17.2 Å². The van der Waals surface area contributed by atoms with Crippen LogP contribution in [-0.4, -0.2) is 54.1 Å². The Kier molecular flexibility index (Phi) is 5.15. The molecule has 1 saturated heterocycles. The Morgan fingerprint density at radius 2 is 1.69 bits per heavy atom. The van der Waals surface area contributed by atoms with Crippen LogP contribution in [0, 0.1) is 5.41 Å². The van der Waals surface area contributed by atoms with E-state index in [2.05, 4.69) is 30.6 Å². The standard InChI is InChI=1S/C12H25N3S/c1-4-14-7-9-15(10-8-14)6-5-12(2,3)11(13)16/h4-10H2,1-3H3,(H2,13,16). The SMILES string of the molecule is CCN1CCN(CCC(C)(C)C(N)=S)CC1. The molecule has 4 heteroatoms. The average Bonchev–Trinajstić information content (AvgIpc) is 2.27.